The van der Waals surface area contributed by atoms with E-state index in [0.29, 0.717) is 5.56 Å². The molecule has 0 aliphatic heterocycles. The van der Waals surface area contributed by atoms with Gasteiger partial charge in [0.25, 0.3) is 0 Å². The predicted octanol–water partition coefficient (Wildman–Crippen LogP) is 1.19. The summed E-state index contributed by atoms with van der Waals surface area (Å²) in [4.78, 5) is 4.58. The lowest BCUT2D eigenvalue weighted by atomic mass is 10.2. The molecule has 0 bridgehead atoms. The number of phenols is 1. The van der Waals surface area contributed by atoms with Gasteiger partial charge in [-0.3, -0.25) is 0 Å². The molecule has 0 fully saturated rings. The van der Waals surface area contributed by atoms with Crippen LogP contribution in [0.1, 0.15) is 5.56 Å². The maximum absolute atomic E-state index is 13.2. The summed E-state index contributed by atoms with van der Waals surface area (Å²) >= 11 is 0. The second-order valence-electron chi connectivity index (χ2n) is 2.64. The van der Waals surface area contributed by atoms with Gasteiger partial charge < -0.3 is 14.7 Å². The van der Waals surface area contributed by atoms with E-state index in [2.05, 4.69) is 10.3 Å². The second-order valence-corrected chi connectivity index (χ2v) is 2.64. The van der Waals surface area contributed by atoms with Gasteiger partial charge in [-0.15, -0.1) is 0 Å². The Morgan fingerprint density at radius 3 is 2.71 bits per heavy atom. The van der Waals surface area contributed by atoms with E-state index in [0.717, 1.165) is 6.07 Å². The average Bonchev–Trinajstić information content (AvgIpc) is 2.17. The van der Waals surface area contributed by atoms with Crippen LogP contribution in [0.25, 0.3) is 0 Å². The van der Waals surface area contributed by atoms with Gasteiger partial charge >= 0.3 is 0 Å². The maximum Gasteiger partial charge on any atom is 0.161 e. The molecule has 0 radical (unpaired) electrons. The predicted molar refractivity (Wildman–Crippen MR) is 48.5 cm³/mol. The first-order valence-corrected chi connectivity index (χ1v) is 4.00. The van der Waals surface area contributed by atoms with E-state index in [4.69, 9.17) is 4.74 Å². The van der Waals surface area contributed by atoms with Gasteiger partial charge in [0.05, 0.1) is 14.2 Å². The molecule has 1 aromatic rings. The number of ether oxygens (including phenoxy) is 1. The monoisotopic (exact) mass is 201 g/mol. The Morgan fingerprint density at radius 2 is 2.14 bits per heavy atom. The molecule has 1 aromatic carbocycles. The summed E-state index contributed by atoms with van der Waals surface area (Å²) in [6.07, 6.45) is 0. The van der Waals surface area contributed by atoms with Gasteiger partial charge in [-0.2, -0.15) is 5.48 Å². The van der Waals surface area contributed by atoms with Crippen LogP contribution < -0.4 is 10.2 Å². The summed E-state index contributed by atoms with van der Waals surface area (Å²) in [6, 6.07) is 2.42. The number of phenolic OH excluding ortho intramolecular Hbond substituents is 1. The highest BCUT2D eigenvalue weighted by atomic mass is 19.1. The summed E-state index contributed by atoms with van der Waals surface area (Å²) in [5.41, 5.74) is 2.86. The summed E-state index contributed by atoms with van der Waals surface area (Å²) < 4.78 is 18.0. The van der Waals surface area contributed by atoms with Crippen molar-refractivity contribution in [3.05, 3.63) is 23.5 Å². The van der Waals surface area contributed by atoms with Crippen molar-refractivity contribution in [2.45, 2.75) is 6.54 Å². The molecule has 1 rings (SSSR count). The Balaban J connectivity index is 2.92. The zero-order valence-electron chi connectivity index (χ0n) is 8.00. The minimum atomic E-state index is -0.507. The molecule has 0 saturated heterocycles. The standard InChI is InChI=1S/C9H12FNO3/c1-13-9-3-6(5-11-14-2)7(10)4-8(9)12/h3-4,11-12H,5H2,1-2H3. The largest absolute Gasteiger partial charge is 0.504 e. The van der Waals surface area contributed by atoms with Crippen molar-refractivity contribution in [3.63, 3.8) is 0 Å². The summed E-state index contributed by atoms with van der Waals surface area (Å²) in [6.45, 7) is 0.207. The van der Waals surface area contributed by atoms with E-state index in [9.17, 15) is 9.50 Å². The normalized spacial score (nSPS) is 10.2. The molecule has 0 amide bonds. The first-order valence-electron chi connectivity index (χ1n) is 4.00. The SMILES string of the molecule is CONCc1cc(OC)c(O)cc1F. The molecule has 78 valence electrons. The fourth-order valence-corrected chi connectivity index (χ4v) is 1.03. The molecule has 0 aliphatic carbocycles. The zero-order chi connectivity index (χ0) is 10.6. The van der Waals surface area contributed by atoms with Gasteiger partial charge in [-0.05, 0) is 6.07 Å². The molecule has 5 heteroatoms. The molecule has 0 unspecified atom stereocenters. The Kier molecular flexibility index (Phi) is 3.67. The molecule has 4 nitrogen and oxygen atoms in total. The third-order valence-electron chi connectivity index (χ3n) is 1.75. The molecule has 0 spiro atoms. The number of rotatable bonds is 4. The quantitative estimate of drug-likeness (QED) is 0.718. The maximum atomic E-state index is 13.2. The number of hydroxylamine groups is 1. The Hall–Kier alpha value is -1.33. The van der Waals surface area contributed by atoms with Crippen LogP contribution in [0.3, 0.4) is 0 Å². The van der Waals surface area contributed by atoms with E-state index in [1.54, 1.807) is 0 Å². The number of hydrogen-bond acceptors (Lipinski definition) is 4. The molecule has 0 atom stereocenters. The topological polar surface area (TPSA) is 50.7 Å². The molecule has 0 heterocycles. The van der Waals surface area contributed by atoms with Crippen LogP contribution in [-0.4, -0.2) is 19.3 Å². The Bertz CT molecular complexity index is 317. The minimum Gasteiger partial charge on any atom is -0.504 e. The van der Waals surface area contributed by atoms with E-state index >= 15 is 0 Å². The van der Waals surface area contributed by atoms with Crippen LogP contribution >= 0.6 is 0 Å². The smallest absolute Gasteiger partial charge is 0.161 e. The molecular weight excluding hydrogens is 189 g/mol. The number of benzene rings is 1. The van der Waals surface area contributed by atoms with E-state index < -0.39 is 5.82 Å². The Morgan fingerprint density at radius 1 is 1.43 bits per heavy atom. The number of halogens is 1. The third-order valence-corrected chi connectivity index (χ3v) is 1.75. The van der Waals surface area contributed by atoms with Crippen molar-refractivity contribution in [2.24, 2.45) is 0 Å². The lowest BCUT2D eigenvalue weighted by Crippen LogP contribution is -2.12. The highest BCUT2D eigenvalue weighted by molar-refractivity contribution is 5.42. The zero-order valence-corrected chi connectivity index (χ0v) is 8.00. The third kappa shape index (κ3) is 2.34. The second kappa shape index (κ2) is 4.78. The lowest BCUT2D eigenvalue weighted by Gasteiger charge is -2.08. The van der Waals surface area contributed by atoms with Crippen LogP contribution in [0.2, 0.25) is 0 Å². The van der Waals surface area contributed by atoms with Gasteiger partial charge in [0.15, 0.2) is 11.5 Å². The van der Waals surface area contributed by atoms with Gasteiger partial charge in [-0.1, -0.05) is 0 Å². The fraction of sp³-hybridized carbons (Fsp3) is 0.333. The molecule has 0 aliphatic rings. The highest BCUT2D eigenvalue weighted by Crippen LogP contribution is 2.28. The summed E-state index contributed by atoms with van der Waals surface area (Å²) in [7, 11) is 2.84. The van der Waals surface area contributed by atoms with Crippen molar-refractivity contribution in [3.8, 4) is 11.5 Å². The first-order chi connectivity index (χ1) is 6.69. The van der Waals surface area contributed by atoms with Crippen LogP contribution in [-0.2, 0) is 11.4 Å². The minimum absolute atomic E-state index is 0.207. The number of methoxy groups -OCH3 is 1. The van der Waals surface area contributed by atoms with E-state index in [1.165, 1.54) is 20.3 Å². The van der Waals surface area contributed by atoms with E-state index in [1.807, 2.05) is 0 Å². The van der Waals surface area contributed by atoms with Gasteiger partial charge in [0.1, 0.15) is 5.82 Å². The van der Waals surface area contributed by atoms with Crippen LogP contribution in [0.5, 0.6) is 11.5 Å². The first kappa shape index (κ1) is 10.7. The Labute approximate surface area is 81.2 Å². The number of nitrogens with one attached hydrogen (secondary N) is 1. The van der Waals surface area contributed by atoms with Crippen LogP contribution in [0.4, 0.5) is 4.39 Å². The molecule has 0 saturated carbocycles. The summed E-state index contributed by atoms with van der Waals surface area (Å²) in [5.74, 6) is -0.488. The van der Waals surface area contributed by atoms with Crippen molar-refractivity contribution in [2.75, 3.05) is 14.2 Å². The number of hydrogen-bond donors (Lipinski definition) is 2. The lowest BCUT2D eigenvalue weighted by molar-refractivity contribution is 0.0858. The van der Waals surface area contributed by atoms with E-state index in [-0.39, 0.29) is 18.0 Å². The fourth-order valence-electron chi connectivity index (χ4n) is 1.03. The molecule has 14 heavy (non-hydrogen) atoms. The average molecular weight is 201 g/mol. The van der Waals surface area contributed by atoms with Crippen LogP contribution in [0, 0.1) is 5.82 Å². The molecule has 2 N–H and O–H groups in total. The van der Waals surface area contributed by atoms with Gasteiger partial charge in [-0.25, -0.2) is 4.39 Å². The molecular formula is C9H12FNO3. The van der Waals surface area contributed by atoms with Crippen LogP contribution in [0.15, 0.2) is 12.1 Å². The van der Waals surface area contributed by atoms with Gasteiger partial charge in [0, 0.05) is 18.2 Å². The number of aromatic hydroxyl groups is 1. The van der Waals surface area contributed by atoms with Crippen molar-refractivity contribution < 1.29 is 19.1 Å². The van der Waals surface area contributed by atoms with Crippen molar-refractivity contribution in [1.29, 1.82) is 0 Å². The van der Waals surface area contributed by atoms with Crippen molar-refractivity contribution in [1.82, 2.24) is 5.48 Å². The van der Waals surface area contributed by atoms with Crippen molar-refractivity contribution >= 4 is 0 Å². The van der Waals surface area contributed by atoms with Gasteiger partial charge in [0.2, 0.25) is 0 Å². The molecule has 0 aromatic heterocycles. The summed E-state index contributed by atoms with van der Waals surface area (Å²) in [5, 5.41) is 9.22. The highest BCUT2D eigenvalue weighted by Gasteiger charge is 2.08.